The van der Waals surface area contributed by atoms with Crippen LogP contribution in [0.25, 0.3) is 0 Å². The van der Waals surface area contributed by atoms with Crippen LogP contribution in [0.15, 0.2) is 0 Å². The van der Waals surface area contributed by atoms with Crippen LogP contribution in [0.4, 0.5) is 0 Å². The molecule has 1 unspecified atom stereocenters. The Balaban J connectivity index is 3.90. The van der Waals surface area contributed by atoms with E-state index >= 15 is 0 Å². The van der Waals surface area contributed by atoms with Gasteiger partial charge in [0.15, 0.2) is 0 Å². The fourth-order valence-corrected chi connectivity index (χ4v) is 7.52. The second-order valence-corrected chi connectivity index (χ2v) is 16.4. The summed E-state index contributed by atoms with van der Waals surface area (Å²) >= 11 is 0. The van der Waals surface area contributed by atoms with Gasteiger partial charge in [0.05, 0.1) is 0 Å². The van der Waals surface area contributed by atoms with Crippen LogP contribution in [-0.2, 0) is 19.1 Å². The molecule has 2 N–H and O–H groups in total. The molecule has 0 saturated heterocycles. The Morgan fingerprint density at radius 2 is 0.698 bits per heavy atom. The summed E-state index contributed by atoms with van der Waals surface area (Å²) in [5.74, 6) is -1.21. The Labute approximate surface area is 329 Å². The number of unbranched alkanes of at least 4 members (excludes halogenated alkanes) is 33. The van der Waals surface area contributed by atoms with Crippen molar-refractivity contribution in [3.8, 4) is 0 Å². The lowest BCUT2D eigenvalue weighted by molar-refractivity contribution is -0.150. The number of amides is 1. The van der Waals surface area contributed by atoms with Gasteiger partial charge in [-0.15, -0.1) is 0 Å². The molecule has 0 heterocycles. The van der Waals surface area contributed by atoms with Gasteiger partial charge in [-0.2, -0.15) is 0 Å². The summed E-state index contributed by atoms with van der Waals surface area (Å²) in [5.41, 5.74) is 0. The minimum atomic E-state index is -1.01. The quantitative estimate of drug-likeness (QED) is 0.0478. The van der Waals surface area contributed by atoms with Crippen LogP contribution in [-0.4, -0.2) is 35.6 Å². The standard InChI is InChI=1S/C47H91NO5/c1-3-5-7-9-11-13-14-15-16-17-18-19-20-21-22-23-24-25-27-29-34-38-42-47(52)53-44(39-35-31-28-26-12-10-8-6-4-2)40-36-32-30-33-37-41-45(49)48-43-46(50)51/h44H,3-43H2,1-2H3,(H,48,49)(H,50,51). The predicted molar refractivity (Wildman–Crippen MR) is 227 cm³/mol. The summed E-state index contributed by atoms with van der Waals surface area (Å²) in [4.78, 5) is 35.0. The Hall–Kier alpha value is -1.59. The van der Waals surface area contributed by atoms with E-state index in [2.05, 4.69) is 19.2 Å². The minimum absolute atomic E-state index is 0.00790. The van der Waals surface area contributed by atoms with Gasteiger partial charge in [-0.05, 0) is 38.5 Å². The molecule has 0 aromatic rings. The van der Waals surface area contributed by atoms with Gasteiger partial charge in [0.25, 0.3) is 0 Å². The van der Waals surface area contributed by atoms with Crippen LogP contribution in [0.2, 0.25) is 0 Å². The number of nitrogens with one attached hydrogen (secondary N) is 1. The zero-order chi connectivity index (χ0) is 38.7. The molecule has 314 valence electrons. The van der Waals surface area contributed by atoms with Crippen LogP contribution >= 0.6 is 0 Å². The molecule has 1 atom stereocenters. The van der Waals surface area contributed by atoms with Crippen LogP contribution < -0.4 is 5.32 Å². The van der Waals surface area contributed by atoms with Crippen molar-refractivity contribution in [2.75, 3.05) is 6.54 Å². The maximum Gasteiger partial charge on any atom is 0.322 e. The summed E-state index contributed by atoms with van der Waals surface area (Å²) in [7, 11) is 0. The molecular weight excluding hydrogens is 659 g/mol. The topological polar surface area (TPSA) is 92.7 Å². The maximum absolute atomic E-state index is 12.8. The molecule has 0 aliphatic carbocycles. The number of rotatable bonds is 44. The van der Waals surface area contributed by atoms with Gasteiger partial charge in [0, 0.05) is 12.8 Å². The van der Waals surface area contributed by atoms with Crippen LogP contribution in [0, 0.1) is 0 Å². The third-order valence-corrected chi connectivity index (χ3v) is 11.0. The Morgan fingerprint density at radius 1 is 0.415 bits per heavy atom. The van der Waals surface area contributed by atoms with Crippen molar-refractivity contribution in [3.63, 3.8) is 0 Å². The molecular formula is C47H91NO5. The molecule has 1 amide bonds. The number of hydrogen-bond acceptors (Lipinski definition) is 4. The molecule has 0 bridgehead atoms. The highest BCUT2D eigenvalue weighted by Crippen LogP contribution is 2.20. The fourth-order valence-electron chi connectivity index (χ4n) is 7.52. The average molecular weight is 750 g/mol. The molecule has 0 saturated carbocycles. The fraction of sp³-hybridized carbons (Fsp3) is 0.936. The van der Waals surface area contributed by atoms with Gasteiger partial charge in [-0.25, -0.2) is 0 Å². The molecule has 0 aromatic carbocycles. The molecule has 0 spiro atoms. The van der Waals surface area contributed by atoms with E-state index in [1.807, 2.05) is 0 Å². The lowest BCUT2D eigenvalue weighted by Gasteiger charge is -2.18. The van der Waals surface area contributed by atoms with E-state index in [1.54, 1.807) is 0 Å². The maximum atomic E-state index is 12.8. The zero-order valence-corrected chi connectivity index (χ0v) is 35.6. The van der Waals surface area contributed by atoms with Gasteiger partial charge in [0.1, 0.15) is 12.6 Å². The molecule has 0 fully saturated rings. The highest BCUT2D eigenvalue weighted by atomic mass is 16.5. The monoisotopic (exact) mass is 750 g/mol. The highest BCUT2D eigenvalue weighted by molar-refractivity contribution is 5.80. The molecule has 0 rings (SSSR count). The van der Waals surface area contributed by atoms with E-state index in [9.17, 15) is 14.4 Å². The van der Waals surface area contributed by atoms with E-state index < -0.39 is 5.97 Å². The molecule has 53 heavy (non-hydrogen) atoms. The Morgan fingerprint density at radius 3 is 1.02 bits per heavy atom. The van der Waals surface area contributed by atoms with Crippen molar-refractivity contribution in [3.05, 3.63) is 0 Å². The van der Waals surface area contributed by atoms with Crippen LogP contribution in [0.5, 0.6) is 0 Å². The van der Waals surface area contributed by atoms with Gasteiger partial charge < -0.3 is 15.2 Å². The molecule has 0 radical (unpaired) electrons. The van der Waals surface area contributed by atoms with Gasteiger partial charge in [0.2, 0.25) is 5.91 Å². The van der Waals surface area contributed by atoms with Crippen molar-refractivity contribution < 1.29 is 24.2 Å². The number of hydrogen-bond donors (Lipinski definition) is 2. The molecule has 0 aliphatic heterocycles. The smallest absolute Gasteiger partial charge is 0.322 e. The zero-order valence-electron chi connectivity index (χ0n) is 35.6. The SMILES string of the molecule is CCCCCCCCCCCCCCCCCCCCCCCCC(=O)OC(CCCCCCCCCCC)CCCCCCCC(=O)NCC(=O)O. The number of carboxylic acids is 1. The molecule has 6 heteroatoms. The molecule has 6 nitrogen and oxygen atoms in total. The minimum Gasteiger partial charge on any atom is -0.480 e. The van der Waals surface area contributed by atoms with E-state index in [1.165, 1.54) is 180 Å². The van der Waals surface area contributed by atoms with E-state index in [4.69, 9.17) is 9.84 Å². The number of carbonyl (C=O) groups excluding carboxylic acids is 2. The predicted octanol–water partition coefficient (Wildman–Crippen LogP) is 14.7. The van der Waals surface area contributed by atoms with Gasteiger partial charge in [-0.1, -0.05) is 219 Å². The molecule has 0 aliphatic rings. The average Bonchev–Trinajstić information content (AvgIpc) is 3.14. The lowest BCUT2D eigenvalue weighted by Crippen LogP contribution is -2.28. The summed E-state index contributed by atoms with van der Waals surface area (Å²) in [6.07, 6.45) is 49.6. The second-order valence-electron chi connectivity index (χ2n) is 16.4. The summed E-state index contributed by atoms with van der Waals surface area (Å²) < 4.78 is 6.03. The third kappa shape index (κ3) is 43.0. The van der Waals surface area contributed by atoms with Crippen molar-refractivity contribution in [1.82, 2.24) is 5.32 Å². The van der Waals surface area contributed by atoms with Crippen LogP contribution in [0.1, 0.15) is 271 Å². The normalized spacial score (nSPS) is 11.9. The highest BCUT2D eigenvalue weighted by Gasteiger charge is 2.14. The first-order valence-corrected chi connectivity index (χ1v) is 23.7. The lowest BCUT2D eigenvalue weighted by atomic mass is 10.0. The molecule has 0 aromatic heterocycles. The van der Waals surface area contributed by atoms with Crippen molar-refractivity contribution in [2.45, 2.75) is 277 Å². The second kappa shape index (κ2) is 43.1. The van der Waals surface area contributed by atoms with Crippen molar-refractivity contribution in [1.29, 1.82) is 0 Å². The summed E-state index contributed by atoms with van der Waals surface area (Å²) in [5, 5.41) is 11.1. The van der Waals surface area contributed by atoms with Gasteiger partial charge in [-0.3, -0.25) is 14.4 Å². The Kier molecular flexibility index (Phi) is 41.8. The number of aliphatic carboxylic acids is 1. The third-order valence-electron chi connectivity index (χ3n) is 11.0. The van der Waals surface area contributed by atoms with E-state index in [0.29, 0.717) is 12.8 Å². The van der Waals surface area contributed by atoms with Gasteiger partial charge >= 0.3 is 11.9 Å². The van der Waals surface area contributed by atoms with E-state index in [-0.39, 0.29) is 24.5 Å². The summed E-state index contributed by atoms with van der Waals surface area (Å²) in [6, 6.07) is 0. The first kappa shape index (κ1) is 51.4. The first-order valence-electron chi connectivity index (χ1n) is 23.7. The number of ether oxygens (including phenoxy) is 1. The number of carboxylic acid groups (broad SMARTS) is 1. The number of esters is 1. The summed E-state index contributed by atoms with van der Waals surface area (Å²) in [6.45, 7) is 4.25. The van der Waals surface area contributed by atoms with Crippen molar-refractivity contribution in [2.24, 2.45) is 0 Å². The van der Waals surface area contributed by atoms with Crippen molar-refractivity contribution >= 4 is 17.8 Å². The largest absolute Gasteiger partial charge is 0.480 e. The van der Waals surface area contributed by atoms with E-state index in [0.717, 1.165) is 64.2 Å². The number of carbonyl (C=O) groups is 3. The Bertz CT molecular complexity index is 787. The first-order chi connectivity index (χ1) is 26.0. The van der Waals surface area contributed by atoms with Crippen LogP contribution in [0.3, 0.4) is 0 Å².